The molecule has 182 valence electrons. The van der Waals surface area contributed by atoms with Gasteiger partial charge in [0.15, 0.2) is 0 Å². The Morgan fingerprint density at radius 1 is 1.06 bits per heavy atom. The second-order valence-electron chi connectivity index (χ2n) is 9.36. The molecule has 0 saturated carbocycles. The first kappa shape index (κ1) is 25.5. The molecule has 1 heterocycles. The second kappa shape index (κ2) is 11.3. The van der Waals surface area contributed by atoms with Crippen LogP contribution in [0.3, 0.4) is 0 Å². The van der Waals surface area contributed by atoms with Gasteiger partial charge in [0.1, 0.15) is 12.4 Å². The SMILES string of the molecule is CCCCN(CC(=O)Nc1cc(C(C)(C)C)nn1-c1ccccc1)C(=O)Nc1cccc(C#N)c1. The molecule has 0 aliphatic rings. The molecule has 0 aliphatic heterocycles. The molecule has 0 unspecified atom stereocenters. The number of hydrogen-bond acceptors (Lipinski definition) is 4. The Bertz CT molecular complexity index is 1200. The van der Waals surface area contributed by atoms with E-state index in [2.05, 4.69) is 37.5 Å². The van der Waals surface area contributed by atoms with Crippen molar-refractivity contribution in [3.63, 3.8) is 0 Å². The fraction of sp³-hybridized carbons (Fsp3) is 0.333. The number of amides is 3. The average molecular weight is 473 g/mol. The van der Waals surface area contributed by atoms with Gasteiger partial charge in [-0.1, -0.05) is 58.4 Å². The minimum Gasteiger partial charge on any atom is -0.315 e. The number of nitrogens with one attached hydrogen (secondary N) is 2. The molecule has 3 rings (SSSR count). The summed E-state index contributed by atoms with van der Waals surface area (Å²) in [6, 6.07) is 19.8. The highest BCUT2D eigenvalue weighted by molar-refractivity contribution is 5.96. The van der Waals surface area contributed by atoms with Gasteiger partial charge in [0, 0.05) is 23.7 Å². The van der Waals surface area contributed by atoms with E-state index >= 15 is 0 Å². The van der Waals surface area contributed by atoms with Gasteiger partial charge in [-0.25, -0.2) is 9.48 Å². The highest BCUT2D eigenvalue weighted by atomic mass is 16.2. The minimum absolute atomic E-state index is 0.116. The first-order valence-electron chi connectivity index (χ1n) is 11.7. The van der Waals surface area contributed by atoms with Gasteiger partial charge < -0.3 is 15.5 Å². The number of unbranched alkanes of at least 4 members (excludes halogenated alkanes) is 1. The number of anilines is 2. The summed E-state index contributed by atoms with van der Waals surface area (Å²) in [5.41, 5.74) is 2.42. The molecule has 2 aromatic carbocycles. The van der Waals surface area contributed by atoms with Gasteiger partial charge in [-0.3, -0.25) is 4.79 Å². The highest BCUT2D eigenvalue weighted by Crippen LogP contribution is 2.26. The lowest BCUT2D eigenvalue weighted by Gasteiger charge is -2.22. The maximum Gasteiger partial charge on any atom is 0.322 e. The molecule has 0 radical (unpaired) electrons. The van der Waals surface area contributed by atoms with Crippen LogP contribution in [-0.4, -0.2) is 39.7 Å². The van der Waals surface area contributed by atoms with Crippen molar-refractivity contribution in [3.8, 4) is 11.8 Å². The fourth-order valence-corrected chi connectivity index (χ4v) is 3.43. The molecule has 0 atom stereocenters. The standard InChI is InChI=1S/C27H32N6O2/c1-5-6-15-32(26(35)29-21-12-10-11-20(16-21)18-28)19-25(34)30-24-17-23(27(2,3)4)31-33(24)22-13-8-7-9-14-22/h7-14,16-17H,5-6,15,19H2,1-4H3,(H,29,35)(H,30,34). The van der Waals surface area contributed by atoms with Gasteiger partial charge in [0.25, 0.3) is 0 Å². The van der Waals surface area contributed by atoms with Gasteiger partial charge in [-0.2, -0.15) is 10.4 Å². The van der Waals surface area contributed by atoms with E-state index in [9.17, 15) is 9.59 Å². The van der Waals surface area contributed by atoms with E-state index in [1.165, 1.54) is 4.90 Å². The van der Waals surface area contributed by atoms with E-state index in [4.69, 9.17) is 10.4 Å². The maximum absolute atomic E-state index is 13.1. The van der Waals surface area contributed by atoms with Crippen molar-refractivity contribution in [1.82, 2.24) is 14.7 Å². The van der Waals surface area contributed by atoms with Gasteiger partial charge in [0.05, 0.1) is 23.0 Å². The molecule has 8 heteroatoms. The van der Waals surface area contributed by atoms with Gasteiger partial charge in [-0.15, -0.1) is 0 Å². The van der Waals surface area contributed by atoms with Crippen LogP contribution in [-0.2, 0) is 10.2 Å². The van der Waals surface area contributed by atoms with E-state index in [0.717, 1.165) is 24.2 Å². The molecule has 3 aromatic rings. The summed E-state index contributed by atoms with van der Waals surface area (Å²) in [5, 5.41) is 19.6. The van der Waals surface area contributed by atoms with E-state index in [1.54, 1.807) is 28.9 Å². The summed E-state index contributed by atoms with van der Waals surface area (Å²) in [6.45, 7) is 8.53. The Morgan fingerprint density at radius 2 is 1.80 bits per heavy atom. The first-order chi connectivity index (χ1) is 16.7. The van der Waals surface area contributed by atoms with E-state index in [1.807, 2.05) is 43.3 Å². The topological polar surface area (TPSA) is 103 Å². The third kappa shape index (κ3) is 6.93. The van der Waals surface area contributed by atoms with Crippen LogP contribution in [0.15, 0.2) is 60.7 Å². The fourth-order valence-electron chi connectivity index (χ4n) is 3.43. The molecule has 0 spiro atoms. The van der Waals surface area contributed by atoms with Gasteiger partial charge >= 0.3 is 6.03 Å². The second-order valence-corrected chi connectivity index (χ2v) is 9.36. The summed E-state index contributed by atoms with van der Waals surface area (Å²) < 4.78 is 1.71. The first-order valence-corrected chi connectivity index (χ1v) is 11.7. The number of benzene rings is 2. The zero-order chi connectivity index (χ0) is 25.4. The number of urea groups is 1. The molecule has 0 bridgehead atoms. The van der Waals surface area contributed by atoms with Crippen LogP contribution in [0.4, 0.5) is 16.3 Å². The van der Waals surface area contributed by atoms with Crippen LogP contribution in [0.1, 0.15) is 51.8 Å². The molecule has 35 heavy (non-hydrogen) atoms. The smallest absolute Gasteiger partial charge is 0.315 e. The minimum atomic E-state index is -0.393. The lowest BCUT2D eigenvalue weighted by atomic mass is 9.92. The van der Waals surface area contributed by atoms with Crippen LogP contribution in [0.2, 0.25) is 0 Å². The maximum atomic E-state index is 13.1. The van der Waals surface area contributed by atoms with Crippen molar-refractivity contribution in [2.45, 2.75) is 46.0 Å². The van der Waals surface area contributed by atoms with Crippen LogP contribution >= 0.6 is 0 Å². The number of rotatable bonds is 8. The highest BCUT2D eigenvalue weighted by Gasteiger charge is 2.23. The molecule has 2 N–H and O–H groups in total. The van der Waals surface area contributed by atoms with Crippen molar-refractivity contribution >= 4 is 23.4 Å². The Morgan fingerprint density at radius 3 is 2.46 bits per heavy atom. The summed E-state index contributed by atoms with van der Waals surface area (Å²) in [4.78, 5) is 27.5. The molecule has 1 aromatic heterocycles. The number of carbonyl (C=O) groups is 2. The zero-order valence-corrected chi connectivity index (χ0v) is 20.7. The summed E-state index contributed by atoms with van der Waals surface area (Å²) in [7, 11) is 0. The lowest BCUT2D eigenvalue weighted by molar-refractivity contribution is -0.116. The molecule has 3 amide bonds. The summed E-state index contributed by atoms with van der Waals surface area (Å²) in [6.07, 6.45) is 1.64. The molecule has 0 aliphatic carbocycles. The van der Waals surface area contributed by atoms with Crippen molar-refractivity contribution in [1.29, 1.82) is 5.26 Å². The summed E-state index contributed by atoms with van der Waals surface area (Å²) >= 11 is 0. The number of nitriles is 1. The lowest BCUT2D eigenvalue weighted by Crippen LogP contribution is -2.41. The number of carbonyl (C=O) groups excluding carboxylic acids is 2. The predicted octanol–water partition coefficient (Wildman–Crippen LogP) is 5.31. The quantitative estimate of drug-likeness (QED) is 0.463. The number of nitrogens with zero attached hydrogens (tertiary/aromatic N) is 4. The van der Waals surface area contributed by atoms with Gasteiger partial charge in [-0.05, 0) is 36.8 Å². The largest absolute Gasteiger partial charge is 0.322 e. The normalized spacial score (nSPS) is 10.9. The predicted molar refractivity (Wildman–Crippen MR) is 138 cm³/mol. The van der Waals surface area contributed by atoms with E-state index in [0.29, 0.717) is 23.6 Å². The third-order valence-electron chi connectivity index (χ3n) is 5.39. The van der Waals surface area contributed by atoms with Crippen LogP contribution in [0.25, 0.3) is 5.69 Å². The van der Waals surface area contributed by atoms with Crippen molar-refractivity contribution in [2.24, 2.45) is 0 Å². The third-order valence-corrected chi connectivity index (χ3v) is 5.39. The Kier molecular flexibility index (Phi) is 8.26. The molecule has 0 saturated heterocycles. The summed E-state index contributed by atoms with van der Waals surface area (Å²) in [5.74, 6) is 0.225. The Hall–Kier alpha value is -4.12. The molecular weight excluding hydrogens is 440 g/mol. The van der Waals surface area contributed by atoms with Crippen LogP contribution in [0, 0.1) is 11.3 Å². The Balaban J connectivity index is 1.79. The number of hydrogen-bond donors (Lipinski definition) is 2. The monoisotopic (exact) mass is 472 g/mol. The molecule has 8 nitrogen and oxygen atoms in total. The van der Waals surface area contributed by atoms with Crippen molar-refractivity contribution in [2.75, 3.05) is 23.7 Å². The Labute approximate surface area is 206 Å². The zero-order valence-electron chi connectivity index (χ0n) is 20.7. The van der Waals surface area contributed by atoms with E-state index < -0.39 is 6.03 Å². The average Bonchev–Trinajstić information content (AvgIpc) is 3.26. The number of aromatic nitrogens is 2. The van der Waals surface area contributed by atoms with Crippen molar-refractivity contribution < 1.29 is 9.59 Å². The molecule has 0 fully saturated rings. The van der Waals surface area contributed by atoms with Gasteiger partial charge in [0.2, 0.25) is 5.91 Å². The van der Waals surface area contributed by atoms with E-state index in [-0.39, 0.29) is 17.9 Å². The number of para-hydroxylation sites is 1. The molecular formula is C27H32N6O2. The van der Waals surface area contributed by atoms with Crippen molar-refractivity contribution in [3.05, 3.63) is 71.9 Å². The van der Waals surface area contributed by atoms with Crippen LogP contribution in [0.5, 0.6) is 0 Å². The van der Waals surface area contributed by atoms with Crippen LogP contribution < -0.4 is 10.6 Å².